The average molecular weight is 402 g/mol. The molecule has 2 aliphatic rings. The van der Waals surface area contributed by atoms with Crippen LogP contribution in [0.2, 0.25) is 0 Å². The van der Waals surface area contributed by atoms with Gasteiger partial charge in [-0.05, 0) is 19.2 Å². The minimum Gasteiger partial charge on any atom is -0.382 e. The zero-order valence-corrected chi connectivity index (χ0v) is 15.6. The summed E-state index contributed by atoms with van der Waals surface area (Å²) in [5.74, 6) is -0.448. The fourth-order valence-electron chi connectivity index (χ4n) is 3.32. The van der Waals surface area contributed by atoms with Crippen molar-refractivity contribution in [3.8, 4) is 0 Å². The van der Waals surface area contributed by atoms with Crippen molar-refractivity contribution in [3.63, 3.8) is 0 Å². The number of ether oxygens (including phenoxy) is 3. The Labute approximate surface area is 153 Å². The van der Waals surface area contributed by atoms with E-state index >= 15 is 0 Å². The molecule has 4 atom stereocenters. The molecule has 0 aliphatic carbocycles. The van der Waals surface area contributed by atoms with Gasteiger partial charge in [0.25, 0.3) is 0 Å². The monoisotopic (exact) mass is 402 g/mol. The first-order valence-corrected chi connectivity index (χ1v) is 10.2. The van der Waals surface area contributed by atoms with Crippen LogP contribution in [0.1, 0.15) is 25.5 Å². The topological polar surface area (TPSA) is 149 Å². The zero-order valence-electron chi connectivity index (χ0n) is 14.0. The van der Waals surface area contributed by atoms with Crippen molar-refractivity contribution < 1.29 is 26.8 Å². The second kappa shape index (κ2) is 6.05. The largest absolute Gasteiger partial charge is 0.382 e. The summed E-state index contributed by atoms with van der Waals surface area (Å²) < 4.78 is 45.6. The van der Waals surface area contributed by atoms with Crippen LogP contribution < -0.4 is 10.9 Å². The van der Waals surface area contributed by atoms with Crippen LogP contribution in [0.3, 0.4) is 0 Å². The van der Waals surface area contributed by atoms with Gasteiger partial charge < -0.3 is 19.9 Å². The molecule has 0 radical (unpaired) electrons. The Balaban J connectivity index is 1.68. The lowest BCUT2D eigenvalue weighted by molar-refractivity contribution is -0.190. The number of aromatic nitrogens is 2. The summed E-state index contributed by atoms with van der Waals surface area (Å²) in [4.78, 5) is 8.29. The quantitative estimate of drug-likeness (QED) is 0.743. The maximum atomic E-state index is 11.1. The van der Waals surface area contributed by atoms with Crippen molar-refractivity contribution in [1.82, 2.24) is 9.97 Å². The number of nitrogens with two attached hydrogens (primary N) is 2. The number of hydrogen-bond donors (Lipinski definition) is 2. The molecule has 0 spiro atoms. The SMILES string of the molecule is CC1(C)O[C@@H]2[C@H](O1)[C@@H](COS(N)(=O)=O)O[C@H]2c1csc2c(N)ncnc12. The molecule has 10 nitrogen and oxygen atoms in total. The van der Waals surface area contributed by atoms with Crippen molar-refractivity contribution in [1.29, 1.82) is 0 Å². The summed E-state index contributed by atoms with van der Waals surface area (Å²) in [7, 11) is -4.09. The third-order valence-electron chi connectivity index (χ3n) is 4.26. The molecule has 2 aliphatic heterocycles. The van der Waals surface area contributed by atoms with Crippen LogP contribution in [0.5, 0.6) is 0 Å². The van der Waals surface area contributed by atoms with Gasteiger partial charge in [0.1, 0.15) is 36.6 Å². The van der Waals surface area contributed by atoms with Gasteiger partial charge in [-0.1, -0.05) is 0 Å². The average Bonchev–Trinajstić information content (AvgIpc) is 3.16. The van der Waals surface area contributed by atoms with Gasteiger partial charge in [0, 0.05) is 5.56 Å². The van der Waals surface area contributed by atoms with Gasteiger partial charge in [-0.15, -0.1) is 11.3 Å². The maximum Gasteiger partial charge on any atom is 0.333 e. The molecular weight excluding hydrogens is 384 g/mol. The lowest BCUT2D eigenvalue weighted by atomic mass is 10.0. The Morgan fingerprint density at radius 3 is 2.77 bits per heavy atom. The van der Waals surface area contributed by atoms with Crippen LogP contribution in [-0.2, 0) is 28.7 Å². The second-order valence-electron chi connectivity index (χ2n) is 6.56. The zero-order chi connectivity index (χ0) is 18.7. The summed E-state index contributed by atoms with van der Waals surface area (Å²) in [5.41, 5.74) is 7.36. The standard InChI is InChI=1S/C14H18N4O6S2/c1-14(2)23-10-7(3-21-26(16,19)20)22-9(11(10)24-14)6-4-25-12-8(6)17-5-18-13(12)15/h4-5,7,9-11H,3H2,1-2H3,(H2,15,17,18)(H2,16,19,20)/t7-,9+,10-,11+/m1/s1. The summed E-state index contributed by atoms with van der Waals surface area (Å²) in [6.45, 7) is 3.30. The van der Waals surface area contributed by atoms with Gasteiger partial charge in [0.2, 0.25) is 0 Å². The van der Waals surface area contributed by atoms with Crippen LogP contribution in [0.25, 0.3) is 10.2 Å². The third kappa shape index (κ3) is 3.17. The van der Waals surface area contributed by atoms with E-state index in [1.807, 2.05) is 5.38 Å². The molecule has 4 rings (SSSR count). The van der Waals surface area contributed by atoms with E-state index in [1.165, 1.54) is 17.7 Å². The van der Waals surface area contributed by atoms with Gasteiger partial charge in [-0.3, -0.25) is 4.18 Å². The molecule has 0 unspecified atom stereocenters. The van der Waals surface area contributed by atoms with Gasteiger partial charge in [-0.2, -0.15) is 8.42 Å². The molecule has 4 heterocycles. The minimum absolute atomic E-state index is 0.269. The first-order valence-electron chi connectivity index (χ1n) is 7.80. The highest BCUT2D eigenvalue weighted by molar-refractivity contribution is 7.84. The summed E-state index contributed by atoms with van der Waals surface area (Å²) >= 11 is 1.41. The molecule has 0 amide bonds. The summed E-state index contributed by atoms with van der Waals surface area (Å²) in [6.07, 6.45) is -0.755. The first kappa shape index (κ1) is 18.0. The van der Waals surface area contributed by atoms with Crippen molar-refractivity contribution in [2.24, 2.45) is 5.14 Å². The van der Waals surface area contributed by atoms with E-state index in [2.05, 4.69) is 9.97 Å². The maximum absolute atomic E-state index is 11.1. The van der Waals surface area contributed by atoms with Crippen LogP contribution in [0, 0.1) is 0 Å². The summed E-state index contributed by atoms with van der Waals surface area (Å²) in [6, 6.07) is 0. The van der Waals surface area contributed by atoms with Crippen LogP contribution in [0.4, 0.5) is 5.82 Å². The van der Waals surface area contributed by atoms with Gasteiger partial charge >= 0.3 is 10.3 Å². The molecule has 4 N–H and O–H groups in total. The molecular formula is C14H18N4O6S2. The van der Waals surface area contributed by atoms with Crippen molar-refractivity contribution in [2.45, 2.75) is 44.1 Å². The normalized spacial score (nSPS) is 30.7. The number of nitrogen functional groups attached to an aromatic ring is 1. The number of nitrogens with zero attached hydrogens (tertiary/aromatic N) is 2. The smallest absolute Gasteiger partial charge is 0.333 e. The van der Waals surface area contributed by atoms with Gasteiger partial charge in [0.05, 0.1) is 16.8 Å². The lowest BCUT2D eigenvalue weighted by Crippen LogP contribution is -2.34. The molecule has 26 heavy (non-hydrogen) atoms. The van der Waals surface area contributed by atoms with E-state index in [0.717, 1.165) is 10.3 Å². The van der Waals surface area contributed by atoms with E-state index in [1.54, 1.807) is 13.8 Å². The third-order valence-corrected chi connectivity index (χ3v) is 5.74. The number of hydrogen-bond acceptors (Lipinski definition) is 10. The Morgan fingerprint density at radius 1 is 1.31 bits per heavy atom. The Hall–Kier alpha value is -1.41. The van der Waals surface area contributed by atoms with Crippen molar-refractivity contribution in [3.05, 3.63) is 17.3 Å². The van der Waals surface area contributed by atoms with E-state index in [9.17, 15) is 8.42 Å². The number of anilines is 1. The first-order chi connectivity index (χ1) is 12.1. The highest BCUT2D eigenvalue weighted by atomic mass is 32.2. The molecule has 0 bridgehead atoms. The Bertz CT molecular complexity index is 946. The fraction of sp³-hybridized carbons (Fsp3) is 0.571. The fourth-order valence-corrected chi connectivity index (χ4v) is 4.59. The molecule has 0 aromatic carbocycles. The molecule has 0 saturated carbocycles. The molecule has 2 saturated heterocycles. The predicted molar refractivity (Wildman–Crippen MR) is 92.3 cm³/mol. The molecule has 142 valence electrons. The van der Waals surface area contributed by atoms with Gasteiger partial charge in [0.15, 0.2) is 5.79 Å². The Kier molecular flexibility index (Phi) is 4.19. The Morgan fingerprint density at radius 2 is 2.04 bits per heavy atom. The second-order valence-corrected chi connectivity index (χ2v) is 8.67. The summed E-state index contributed by atoms with van der Waals surface area (Å²) in [5, 5.41) is 6.80. The molecule has 2 fully saturated rings. The van der Waals surface area contributed by atoms with Crippen LogP contribution in [-0.4, -0.2) is 49.1 Å². The number of thiophene rings is 1. The van der Waals surface area contributed by atoms with Gasteiger partial charge in [-0.25, -0.2) is 15.1 Å². The van der Waals surface area contributed by atoms with Crippen LogP contribution in [0.15, 0.2) is 11.7 Å². The van der Waals surface area contributed by atoms with Crippen molar-refractivity contribution in [2.75, 3.05) is 12.3 Å². The number of rotatable bonds is 4. The predicted octanol–water partition coefficient (Wildman–Crippen LogP) is 0.454. The lowest BCUT2D eigenvalue weighted by Gasteiger charge is -2.23. The van der Waals surface area contributed by atoms with E-state index in [-0.39, 0.29) is 6.61 Å². The molecule has 2 aromatic rings. The van der Waals surface area contributed by atoms with E-state index in [0.29, 0.717) is 11.3 Å². The van der Waals surface area contributed by atoms with Crippen molar-refractivity contribution >= 4 is 37.7 Å². The molecule has 12 heteroatoms. The minimum atomic E-state index is -4.09. The highest BCUT2D eigenvalue weighted by Crippen LogP contribution is 2.47. The molecule has 2 aromatic heterocycles. The highest BCUT2D eigenvalue weighted by Gasteiger charge is 2.56. The van der Waals surface area contributed by atoms with Crippen LogP contribution >= 0.6 is 11.3 Å². The number of fused-ring (bicyclic) bond motifs is 2. The van der Waals surface area contributed by atoms with E-state index in [4.69, 9.17) is 29.3 Å². The van der Waals surface area contributed by atoms with E-state index < -0.39 is 40.5 Å².